The first-order chi connectivity index (χ1) is 10.6. The average Bonchev–Trinajstić information content (AvgIpc) is 2.45. The SMILES string of the molecule is COC(=O)c1cc([N+](=O)[O-])c(N(C(C)C)C(C)C)c([N+](=O)[O-])c1. The van der Waals surface area contributed by atoms with E-state index in [4.69, 9.17) is 0 Å². The van der Waals surface area contributed by atoms with Gasteiger partial charge in [-0.25, -0.2) is 4.79 Å². The van der Waals surface area contributed by atoms with Gasteiger partial charge in [0.05, 0.1) is 22.5 Å². The third-order valence-corrected chi connectivity index (χ3v) is 3.26. The zero-order valence-corrected chi connectivity index (χ0v) is 13.6. The van der Waals surface area contributed by atoms with E-state index in [1.165, 1.54) is 0 Å². The summed E-state index contributed by atoms with van der Waals surface area (Å²) >= 11 is 0. The summed E-state index contributed by atoms with van der Waals surface area (Å²) in [5.74, 6) is -0.872. The minimum absolute atomic E-state index is 0.113. The molecule has 0 heterocycles. The molecule has 0 aliphatic carbocycles. The molecule has 0 aliphatic heterocycles. The van der Waals surface area contributed by atoms with E-state index in [2.05, 4.69) is 4.74 Å². The van der Waals surface area contributed by atoms with Crippen molar-refractivity contribution in [3.8, 4) is 0 Å². The number of nitro benzene ring substituents is 2. The van der Waals surface area contributed by atoms with Crippen molar-refractivity contribution in [1.29, 1.82) is 0 Å². The molecule has 0 saturated heterocycles. The minimum Gasteiger partial charge on any atom is -0.465 e. The second kappa shape index (κ2) is 7.03. The van der Waals surface area contributed by atoms with Crippen LogP contribution in [0.15, 0.2) is 12.1 Å². The number of ether oxygens (including phenoxy) is 1. The summed E-state index contributed by atoms with van der Waals surface area (Å²) in [6.07, 6.45) is 0. The van der Waals surface area contributed by atoms with Crippen molar-refractivity contribution < 1.29 is 19.4 Å². The van der Waals surface area contributed by atoms with Gasteiger partial charge in [-0.1, -0.05) is 0 Å². The normalized spacial score (nSPS) is 10.7. The smallest absolute Gasteiger partial charge is 0.338 e. The second-order valence-electron chi connectivity index (χ2n) is 5.46. The maximum Gasteiger partial charge on any atom is 0.338 e. The number of hydrogen-bond acceptors (Lipinski definition) is 7. The van der Waals surface area contributed by atoms with Crippen LogP contribution in [0.4, 0.5) is 17.1 Å². The Morgan fingerprint density at radius 1 is 1.04 bits per heavy atom. The highest BCUT2D eigenvalue weighted by Crippen LogP contribution is 2.40. The highest BCUT2D eigenvalue weighted by atomic mass is 16.6. The third-order valence-electron chi connectivity index (χ3n) is 3.26. The lowest BCUT2D eigenvalue weighted by atomic mass is 10.1. The molecule has 0 fully saturated rings. The summed E-state index contributed by atoms with van der Waals surface area (Å²) in [5, 5.41) is 22.8. The van der Waals surface area contributed by atoms with E-state index in [0.29, 0.717) is 0 Å². The van der Waals surface area contributed by atoms with Gasteiger partial charge in [0.1, 0.15) is 0 Å². The first kappa shape index (κ1) is 18.3. The number of rotatable bonds is 6. The van der Waals surface area contributed by atoms with Crippen LogP contribution in [0.1, 0.15) is 38.1 Å². The monoisotopic (exact) mass is 325 g/mol. The molecule has 1 aromatic carbocycles. The Morgan fingerprint density at radius 3 is 1.70 bits per heavy atom. The van der Waals surface area contributed by atoms with Crippen LogP contribution >= 0.6 is 0 Å². The standard InChI is InChI=1S/C14H19N3O6/c1-8(2)15(9(3)4)13-11(16(19)20)6-10(14(18)23-5)7-12(13)17(21)22/h6-9H,1-5H3. The third kappa shape index (κ3) is 3.74. The Hall–Kier alpha value is -2.71. The van der Waals surface area contributed by atoms with Gasteiger partial charge in [-0.15, -0.1) is 0 Å². The number of carbonyl (C=O) groups excluding carboxylic acids is 1. The Bertz CT molecular complexity index is 598. The molecule has 0 radical (unpaired) electrons. The van der Waals surface area contributed by atoms with Crippen LogP contribution in [0.3, 0.4) is 0 Å². The van der Waals surface area contributed by atoms with E-state index in [-0.39, 0.29) is 23.3 Å². The molecule has 0 spiro atoms. The van der Waals surface area contributed by atoms with E-state index in [1.54, 1.807) is 32.6 Å². The van der Waals surface area contributed by atoms with Crippen LogP contribution < -0.4 is 4.90 Å². The molecule has 1 aromatic rings. The topological polar surface area (TPSA) is 116 Å². The fourth-order valence-corrected chi connectivity index (χ4v) is 2.50. The summed E-state index contributed by atoms with van der Waals surface area (Å²) in [5.41, 5.74) is -1.34. The molecule has 9 heteroatoms. The van der Waals surface area contributed by atoms with Crippen LogP contribution in [-0.4, -0.2) is 35.0 Å². The Kier molecular flexibility index (Phi) is 5.61. The number of anilines is 1. The van der Waals surface area contributed by atoms with Gasteiger partial charge in [0, 0.05) is 24.2 Å². The first-order valence-electron chi connectivity index (χ1n) is 6.95. The van der Waals surface area contributed by atoms with Gasteiger partial charge in [-0.2, -0.15) is 0 Å². The van der Waals surface area contributed by atoms with Crippen LogP contribution in [-0.2, 0) is 4.74 Å². The summed E-state index contributed by atoms with van der Waals surface area (Å²) < 4.78 is 4.50. The van der Waals surface area contributed by atoms with E-state index in [9.17, 15) is 25.0 Å². The molecule has 0 aromatic heterocycles. The zero-order chi connectivity index (χ0) is 17.9. The second-order valence-corrected chi connectivity index (χ2v) is 5.46. The number of hydrogen-bond donors (Lipinski definition) is 0. The van der Waals surface area contributed by atoms with E-state index in [1.807, 2.05) is 0 Å². The van der Waals surface area contributed by atoms with Crippen molar-refractivity contribution in [3.05, 3.63) is 37.9 Å². The Labute approximate surface area is 133 Å². The van der Waals surface area contributed by atoms with Crippen molar-refractivity contribution in [2.75, 3.05) is 12.0 Å². The fourth-order valence-electron chi connectivity index (χ4n) is 2.50. The van der Waals surface area contributed by atoms with Crippen LogP contribution in [0.25, 0.3) is 0 Å². The molecule has 9 nitrogen and oxygen atoms in total. The molecule has 126 valence electrons. The summed E-state index contributed by atoms with van der Waals surface area (Å²) in [4.78, 5) is 34.6. The number of methoxy groups -OCH3 is 1. The predicted octanol–water partition coefficient (Wildman–Crippen LogP) is 2.91. The zero-order valence-electron chi connectivity index (χ0n) is 13.6. The van der Waals surface area contributed by atoms with Gasteiger partial charge in [0.25, 0.3) is 0 Å². The van der Waals surface area contributed by atoms with Crippen molar-refractivity contribution in [2.45, 2.75) is 39.8 Å². The summed E-state index contributed by atoms with van der Waals surface area (Å²) in [6.45, 7) is 7.12. The quantitative estimate of drug-likeness (QED) is 0.448. The lowest BCUT2D eigenvalue weighted by molar-refractivity contribution is -0.392. The maximum atomic E-state index is 11.6. The van der Waals surface area contributed by atoms with Crippen LogP contribution in [0, 0.1) is 20.2 Å². The number of nitro groups is 2. The minimum atomic E-state index is -0.872. The molecule has 0 aliphatic rings. The lowest BCUT2D eigenvalue weighted by Crippen LogP contribution is -2.38. The highest BCUT2D eigenvalue weighted by Gasteiger charge is 2.34. The van der Waals surface area contributed by atoms with E-state index in [0.717, 1.165) is 19.2 Å². The molecule has 0 saturated carbocycles. The number of benzene rings is 1. The van der Waals surface area contributed by atoms with E-state index < -0.39 is 27.2 Å². The summed E-state index contributed by atoms with van der Waals surface area (Å²) in [7, 11) is 1.10. The van der Waals surface area contributed by atoms with Gasteiger partial charge in [0.2, 0.25) is 0 Å². The molecule has 0 amide bonds. The molecule has 0 bridgehead atoms. The largest absolute Gasteiger partial charge is 0.465 e. The van der Waals surface area contributed by atoms with Gasteiger partial charge in [-0.05, 0) is 27.7 Å². The van der Waals surface area contributed by atoms with Crippen molar-refractivity contribution >= 4 is 23.0 Å². The molecule has 0 N–H and O–H groups in total. The van der Waals surface area contributed by atoms with E-state index >= 15 is 0 Å². The first-order valence-corrected chi connectivity index (χ1v) is 6.95. The molecule has 0 atom stereocenters. The van der Waals surface area contributed by atoms with Gasteiger partial charge >= 0.3 is 17.3 Å². The Balaban J connectivity index is 3.81. The average molecular weight is 325 g/mol. The molecule has 1 rings (SSSR count). The lowest BCUT2D eigenvalue weighted by Gasteiger charge is -2.32. The fraction of sp³-hybridized carbons (Fsp3) is 0.500. The highest BCUT2D eigenvalue weighted by molar-refractivity contribution is 5.94. The van der Waals surface area contributed by atoms with Crippen molar-refractivity contribution in [2.24, 2.45) is 0 Å². The number of esters is 1. The maximum absolute atomic E-state index is 11.6. The van der Waals surface area contributed by atoms with Crippen molar-refractivity contribution in [1.82, 2.24) is 0 Å². The van der Waals surface area contributed by atoms with Gasteiger partial charge < -0.3 is 9.64 Å². The van der Waals surface area contributed by atoms with Gasteiger partial charge in [0.15, 0.2) is 5.69 Å². The number of carbonyl (C=O) groups is 1. The molecule has 0 unspecified atom stereocenters. The van der Waals surface area contributed by atoms with Gasteiger partial charge in [-0.3, -0.25) is 20.2 Å². The molecule has 23 heavy (non-hydrogen) atoms. The summed E-state index contributed by atoms with van der Waals surface area (Å²) in [6, 6.07) is 1.59. The predicted molar refractivity (Wildman–Crippen MR) is 83.8 cm³/mol. The Morgan fingerprint density at radius 2 is 1.43 bits per heavy atom. The molecular weight excluding hydrogens is 306 g/mol. The van der Waals surface area contributed by atoms with Crippen LogP contribution in [0.2, 0.25) is 0 Å². The van der Waals surface area contributed by atoms with Crippen LogP contribution in [0.5, 0.6) is 0 Å². The van der Waals surface area contributed by atoms with Crippen molar-refractivity contribution in [3.63, 3.8) is 0 Å². The number of nitrogens with zero attached hydrogens (tertiary/aromatic N) is 3. The molecular formula is C14H19N3O6.